The van der Waals surface area contributed by atoms with Crippen LogP contribution in [0.5, 0.6) is 0 Å². The Balaban J connectivity index is 2.74. The molecule has 0 aliphatic rings. The monoisotopic (exact) mass is 285 g/mol. The molecule has 1 amide bonds. The predicted octanol–water partition coefficient (Wildman–Crippen LogP) is 2.70. The first-order valence-corrected chi connectivity index (χ1v) is 6.34. The third kappa shape index (κ3) is 4.50. The molecule has 0 heterocycles. The van der Waals surface area contributed by atoms with Gasteiger partial charge in [0.1, 0.15) is 5.02 Å². The molecule has 7 heteroatoms. The van der Waals surface area contributed by atoms with Crippen molar-refractivity contribution in [3.05, 3.63) is 33.3 Å². The molecule has 0 radical (unpaired) electrons. The van der Waals surface area contributed by atoms with Crippen molar-refractivity contribution in [1.29, 1.82) is 0 Å². The lowest BCUT2D eigenvalue weighted by Gasteiger charge is -2.11. The summed E-state index contributed by atoms with van der Waals surface area (Å²) >= 11 is 5.68. The van der Waals surface area contributed by atoms with Crippen molar-refractivity contribution < 1.29 is 9.72 Å². The van der Waals surface area contributed by atoms with Gasteiger partial charge in [-0.15, -0.1) is 0 Å². The molecule has 1 rings (SSSR count). The fraction of sp³-hybridized carbons (Fsp3) is 0.417. The molecule has 0 fully saturated rings. The third-order valence-corrected chi connectivity index (χ3v) is 2.94. The number of amides is 1. The van der Waals surface area contributed by atoms with Gasteiger partial charge in [0, 0.05) is 11.8 Å². The van der Waals surface area contributed by atoms with Crippen LogP contribution in [0.25, 0.3) is 0 Å². The van der Waals surface area contributed by atoms with Crippen molar-refractivity contribution in [1.82, 2.24) is 0 Å². The minimum absolute atomic E-state index is 0.0262. The fourth-order valence-corrected chi connectivity index (χ4v) is 1.71. The highest BCUT2D eigenvalue weighted by atomic mass is 35.5. The summed E-state index contributed by atoms with van der Waals surface area (Å²) in [7, 11) is 0. The van der Waals surface area contributed by atoms with Crippen LogP contribution in [0.3, 0.4) is 0 Å². The van der Waals surface area contributed by atoms with Crippen molar-refractivity contribution >= 4 is 28.9 Å². The third-order valence-electron chi connectivity index (χ3n) is 2.62. The van der Waals surface area contributed by atoms with Crippen molar-refractivity contribution in [2.75, 3.05) is 5.32 Å². The van der Waals surface area contributed by atoms with E-state index in [-0.39, 0.29) is 16.6 Å². The van der Waals surface area contributed by atoms with Gasteiger partial charge < -0.3 is 11.1 Å². The lowest BCUT2D eigenvalue weighted by molar-refractivity contribution is -0.384. The molecule has 0 spiro atoms. The van der Waals surface area contributed by atoms with Crippen molar-refractivity contribution in [2.45, 2.75) is 32.2 Å². The number of nitro benzene ring substituents is 1. The Bertz CT molecular complexity index is 479. The number of nitrogens with two attached hydrogens (primary N) is 1. The zero-order valence-electron chi connectivity index (χ0n) is 10.6. The maximum Gasteiger partial charge on any atom is 0.289 e. The van der Waals surface area contributed by atoms with Gasteiger partial charge in [-0.05, 0) is 18.6 Å². The topological polar surface area (TPSA) is 98.3 Å². The molecule has 1 atom stereocenters. The Morgan fingerprint density at radius 1 is 1.58 bits per heavy atom. The minimum atomic E-state index is -0.616. The molecule has 0 aliphatic carbocycles. The molecule has 19 heavy (non-hydrogen) atoms. The maximum absolute atomic E-state index is 11.7. The summed E-state index contributed by atoms with van der Waals surface area (Å²) in [6, 6.07) is 3.47. The normalized spacial score (nSPS) is 11.9. The molecular formula is C12H16ClN3O3. The summed E-state index contributed by atoms with van der Waals surface area (Å²) in [5, 5.41) is 13.3. The SMILES string of the molecule is CCCCC(N)C(=O)Nc1ccc(Cl)c([N+](=O)[O-])c1. The van der Waals surface area contributed by atoms with Crippen LogP contribution in [0.2, 0.25) is 5.02 Å². The largest absolute Gasteiger partial charge is 0.324 e. The van der Waals surface area contributed by atoms with E-state index in [4.69, 9.17) is 17.3 Å². The lowest BCUT2D eigenvalue weighted by atomic mass is 10.1. The van der Waals surface area contributed by atoms with E-state index >= 15 is 0 Å². The first-order chi connectivity index (χ1) is 8.95. The number of nitrogens with zero attached hydrogens (tertiary/aromatic N) is 1. The van der Waals surface area contributed by atoms with E-state index < -0.39 is 11.0 Å². The molecule has 1 aromatic carbocycles. The van der Waals surface area contributed by atoms with E-state index in [9.17, 15) is 14.9 Å². The van der Waals surface area contributed by atoms with Crippen LogP contribution in [0.4, 0.5) is 11.4 Å². The summed E-state index contributed by atoms with van der Waals surface area (Å²) in [6.45, 7) is 2.01. The van der Waals surface area contributed by atoms with Crippen molar-refractivity contribution in [2.24, 2.45) is 5.73 Å². The van der Waals surface area contributed by atoms with Crippen LogP contribution >= 0.6 is 11.6 Å². The Morgan fingerprint density at radius 2 is 2.26 bits per heavy atom. The zero-order valence-corrected chi connectivity index (χ0v) is 11.3. The molecule has 0 saturated carbocycles. The molecule has 1 aromatic rings. The Labute approximate surface area is 116 Å². The van der Waals surface area contributed by atoms with Gasteiger partial charge in [-0.1, -0.05) is 31.4 Å². The first-order valence-electron chi connectivity index (χ1n) is 5.96. The summed E-state index contributed by atoms with van der Waals surface area (Å²) < 4.78 is 0. The molecule has 104 valence electrons. The number of halogens is 1. The van der Waals surface area contributed by atoms with E-state index in [1.54, 1.807) is 0 Å². The zero-order chi connectivity index (χ0) is 14.4. The summed E-state index contributed by atoms with van der Waals surface area (Å²) in [4.78, 5) is 21.9. The molecule has 0 aromatic heterocycles. The second-order valence-electron chi connectivity index (χ2n) is 4.16. The van der Waals surface area contributed by atoms with Crippen molar-refractivity contribution in [3.63, 3.8) is 0 Å². The van der Waals surface area contributed by atoms with Crippen LogP contribution in [0.15, 0.2) is 18.2 Å². The predicted molar refractivity (Wildman–Crippen MR) is 74.2 cm³/mol. The van der Waals surface area contributed by atoms with Crippen LogP contribution in [0, 0.1) is 10.1 Å². The highest BCUT2D eigenvalue weighted by molar-refractivity contribution is 6.32. The second-order valence-corrected chi connectivity index (χ2v) is 4.57. The van der Waals surface area contributed by atoms with Gasteiger partial charge in [0.25, 0.3) is 5.69 Å². The van der Waals surface area contributed by atoms with Crippen LogP contribution < -0.4 is 11.1 Å². The van der Waals surface area contributed by atoms with Crippen LogP contribution in [0.1, 0.15) is 26.2 Å². The highest BCUT2D eigenvalue weighted by Crippen LogP contribution is 2.27. The van der Waals surface area contributed by atoms with Gasteiger partial charge in [0.15, 0.2) is 0 Å². The van der Waals surface area contributed by atoms with Crippen LogP contribution in [-0.2, 0) is 4.79 Å². The molecule has 3 N–H and O–H groups in total. The average molecular weight is 286 g/mol. The molecule has 0 bridgehead atoms. The number of benzene rings is 1. The Morgan fingerprint density at radius 3 is 2.84 bits per heavy atom. The standard InChI is InChI=1S/C12H16ClN3O3/c1-2-3-4-10(14)12(17)15-8-5-6-9(13)11(7-8)16(18)19/h5-7,10H,2-4,14H2,1H3,(H,15,17). The second kappa shape index (κ2) is 7.06. The number of nitro groups is 1. The minimum Gasteiger partial charge on any atom is -0.324 e. The Hall–Kier alpha value is -1.66. The number of unbranched alkanes of at least 4 members (excludes halogenated alkanes) is 1. The lowest BCUT2D eigenvalue weighted by Crippen LogP contribution is -2.35. The van der Waals surface area contributed by atoms with Gasteiger partial charge in [-0.3, -0.25) is 14.9 Å². The molecule has 0 saturated heterocycles. The van der Waals surface area contributed by atoms with Gasteiger partial charge in [-0.2, -0.15) is 0 Å². The van der Waals surface area contributed by atoms with Gasteiger partial charge in [0.2, 0.25) is 5.91 Å². The highest BCUT2D eigenvalue weighted by Gasteiger charge is 2.16. The van der Waals surface area contributed by atoms with Crippen LogP contribution in [-0.4, -0.2) is 16.9 Å². The number of carbonyl (C=O) groups excluding carboxylic acids is 1. The molecular weight excluding hydrogens is 270 g/mol. The number of hydrogen-bond donors (Lipinski definition) is 2. The number of carbonyl (C=O) groups is 1. The van der Waals surface area contributed by atoms with Crippen molar-refractivity contribution in [3.8, 4) is 0 Å². The first kappa shape index (κ1) is 15.4. The smallest absolute Gasteiger partial charge is 0.289 e. The number of nitrogens with one attached hydrogen (secondary N) is 1. The van der Waals surface area contributed by atoms with Gasteiger partial charge in [-0.25, -0.2) is 0 Å². The van der Waals surface area contributed by atoms with E-state index in [0.29, 0.717) is 12.1 Å². The molecule has 1 unspecified atom stereocenters. The van der Waals surface area contributed by atoms with Gasteiger partial charge >= 0.3 is 0 Å². The average Bonchev–Trinajstić information content (AvgIpc) is 2.37. The fourth-order valence-electron chi connectivity index (χ4n) is 1.52. The molecule has 0 aliphatic heterocycles. The summed E-state index contributed by atoms with van der Waals surface area (Å²) in [5.41, 5.74) is 5.77. The quantitative estimate of drug-likeness (QED) is 0.620. The molecule has 6 nitrogen and oxygen atoms in total. The van der Waals surface area contributed by atoms with E-state index in [1.807, 2.05) is 6.92 Å². The van der Waals surface area contributed by atoms with E-state index in [2.05, 4.69) is 5.32 Å². The summed E-state index contributed by atoms with van der Waals surface area (Å²) in [6.07, 6.45) is 2.39. The summed E-state index contributed by atoms with van der Waals surface area (Å²) in [5.74, 6) is -0.356. The van der Waals surface area contributed by atoms with Gasteiger partial charge in [0.05, 0.1) is 11.0 Å². The number of rotatable bonds is 6. The number of anilines is 1. The maximum atomic E-state index is 11.7. The number of hydrogen-bond acceptors (Lipinski definition) is 4. The van der Waals surface area contributed by atoms with E-state index in [1.165, 1.54) is 18.2 Å². The Kier molecular flexibility index (Phi) is 5.72. The van der Waals surface area contributed by atoms with E-state index in [0.717, 1.165) is 12.8 Å².